The number of hydrogen-bond acceptors (Lipinski definition) is 4. The molecule has 0 fully saturated rings. The standard InChI is InChI=1S/C10H20N2O3S/c1-4-12(5-6-15-3)10(14)9(7-16)11-8(2)13/h9,16H,4-7H2,1-3H3,(H,11,13). The van der Waals surface area contributed by atoms with Gasteiger partial charge in [0, 0.05) is 32.9 Å². The summed E-state index contributed by atoms with van der Waals surface area (Å²) >= 11 is 4.06. The Morgan fingerprint density at radius 1 is 1.50 bits per heavy atom. The quantitative estimate of drug-likeness (QED) is 0.619. The summed E-state index contributed by atoms with van der Waals surface area (Å²) < 4.78 is 4.92. The Bertz CT molecular complexity index is 236. The van der Waals surface area contributed by atoms with Crippen LogP contribution in [0.25, 0.3) is 0 Å². The molecule has 6 heteroatoms. The van der Waals surface area contributed by atoms with Crippen molar-refractivity contribution < 1.29 is 14.3 Å². The van der Waals surface area contributed by atoms with E-state index in [1.54, 1.807) is 12.0 Å². The molecule has 0 rings (SSSR count). The van der Waals surface area contributed by atoms with E-state index in [9.17, 15) is 9.59 Å². The minimum Gasteiger partial charge on any atom is -0.383 e. The number of ether oxygens (including phenoxy) is 1. The Morgan fingerprint density at radius 3 is 2.50 bits per heavy atom. The molecule has 0 saturated carbocycles. The third-order valence-electron chi connectivity index (χ3n) is 2.12. The van der Waals surface area contributed by atoms with Gasteiger partial charge in [-0.1, -0.05) is 0 Å². The average molecular weight is 248 g/mol. The molecule has 1 N–H and O–H groups in total. The third kappa shape index (κ3) is 5.37. The summed E-state index contributed by atoms with van der Waals surface area (Å²) in [6.45, 7) is 4.87. The number of carbonyl (C=O) groups excluding carboxylic acids is 2. The molecule has 0 aromatic rings. The first-order chi connectivity index (χ1) is 7.56. The summed E-state index contributed by atoms with van der Waals surface area (Å²) in [5.74, 6) is -0.0537. The number of carbonyl (C=O) groups is 2. The van der Waals surface area contributed by atoms with E-state index < -0.39 is 6.04 Å². The van der Waals surface area contributed by atoms with Crippen LogP contribution in [0.4, 0.5) is 0 Å². The SMILES string of the molecule is CCN(CCOC)C(=O)C(CS)NC(C)=O. The molecular weight excluding hydrogens is 228 g/mol. The summed E-state index contributed by atoms with van der Waals surface area (Å²) in [7, 11) is 1.59. The van der Waals surface area contributed by atoms with Crippen LogP contribution in [0.15, 0.2) is 0 Å². The molecule has 2 amide bonds. The van der Waals surface area contributed by atoms with E-state index in [0.29, 0.717) is 25.4 Å². The van der Waals surface area contributed by atoms with E-state index in [0.717, 1.165) is 0 Å². The van der Waals surface area contributed by atoms with Gasteiger partial charge >= 0.3 is 0 Å². The maximum absolute atomic E-state index is 12.0. The first-order valence-electron chi connectivity index (χ1n) is 5.22. The number of methoxy groups -OCH3 is 1. The fraction of sp³-hybridized carbons (Fsp3) is 0.800. The molecule has 5 nitrogen and oxygen atoms in total. The maximum atomic E-state index is 12.0. The molecule has 0 aromatic heterocycles. The number of nitrogens with one attached hydrogen (secondary N) is 1. The molecule has 0 aliphatic heterocycles. The zero-order chi connectivity index (χ0) is 12.6. The van der Waals surface area contributed by atoms with Crippen LogP contribution >= 0.6 is 12.6 Å². The maximum Gasteiger partial charge on any atom is 0.246 e. The predicted octanol–water partition coefficient (Wildman–Crippen LogP) is -0.0842. The number of rotatable bonds is 7. The topological polar surface area (TPSA) is 58.6 Å². The minimum atomic E-state index is -0.558. The van der Waals surface area contributed by atoms with Gasteiger partial charge in [-0.25, -0.2) is 0 Å². The Labute approximate surface area is 102 Å². The highest BCUT2D eigenvalue weighted by molar-refractivity contribution is 7.80. The Morgan fingerprint density at radius 2 is 2.12 bits per heavy atom. The van der Waals surface area contributed by atoms with Crippen molar-refractivity contribution in [3.8, 4) is 0 Å². The zero-order valence-electron chi connectivity index (χ0n) is 10.0. The van der Waals surface area contributed by atoms with Crippen molar-refractivity contribution >= 4 is 24.4 Å². The summed E-state index contributed by atoms with van der Waals surface area (Å²) in [6.07, 6.45) is 0. The van der Waals surface area contributed by atoms with Crippen molar-refractivity contribution in [1.29, 1.82) is 0 Å². The second kappa shape index (κ2) is 8.41. The molecule has 16 heavy (non-hydrogen) atoms. The van der Waals surface area contributed by atoms with Crippen molar-refractivity contribution in [3.63, 3.8) is 0 Å². The van der Waals surface area contributed by atoms with Crippen molar-refractivity contribution in [1.82, 2.24) is 10.2 Å². The average Bonchev–Trinajstić information content (AvgIpc) is 2.26. The van der Waals surface area contributed by atoms with E-state index in [-0.39, 0.29) is 11.8 Å². The molecule has 1 atom stereocenters. The smallest absolute Gasteiger partial charge is 0.246 e. The first-order valence-corrected chi connectivity index (χ1v) is 5.85. The molecule has 0 aliphatic carbocycles. The normalized spacial score (nSPS) is 12.0. The molecule has 0 aliphatic rings. The first kappa shape index (κ1) is 15.2. The van der Waals surface area contributed by atoms with Crippen LogP contribution in [0.3, 0.4) is 0 Å². The van der Waals surface area contributed by atoms with Crippen LogP contribution in [0.1, 0.15) is 13.8 Å². The minimum absolute atomic E-state index is 0.121. The van der Waals surface area contributed by atoms with Crippen molar-refractivity contribution in [2.45, 2.75) is 19.9 Å². The van der Waals surface area contributed by atoms with E-state index >= 15 is 0 Å². The van der Waals surface area contributed by atoms with Gasteiger partial charge in [0.1, 0.15) is 6.04 Å². The summed E-state index contributed by atoms with van der Waals surface area (Å²) in [5.41, 5.74) is 0. The van der Waals surface area contributed by atoms with E-state index in [2.05, 4.69) is 17.9 Å². The van der Waals surface area contributed by atoms with Gasteiger partial charge in [0.05, 0.1) is 6.61 Å². The van der Waals surface area contributed by atoms with Gasteiger partial charge in [0.25, 0.3) is 0 Å². The van der Waals surface area contributed by atoms with Crippen LogP contribution in [-0.4, -0.2) is 55.3 Å². The molecule has 0 aromatic carbocycles. The summed E-state index contributed by atoms with van der Waals surface area (Å²) in [6, 6.07) is -0.558. The van der Waals surface area contributed by atoms with Crippen LogP contribution < -0.4 is 5.32 Å². The highest BCUT2D eigenvalue weighted by Gasteiger charge is 2.22. The van der Waals surface area contributed by atoms with E-state index in [4.69, 9.17) is 4.74 Å². The van der Waals surface area contributed by atoms with Crippen LogP contribution in [0, 0.1) is 0 Å². The molecule has 94 valence electrons. The predicted molar refractivity (Wildman–Crippen MR) is 65.6 cm³/mol. The lowest BCUT2D eigenvalue weighted by molar-refractivity contribution is -0.135. The number of nitrogens with zero attached hydrogens (tertiary/aromatic N) is 1. The summed E-state index contributed by atoms with van der Waals surface area (Å²) in [4.78, 5) is 24.5. The molecular formula is C10H20N2O3S. The number of thiol groups is 1. The van der Waals surface area contributed by atoms with Crippen LogP contribution in [0.2, 0.25) is 0 Å². The number of amides is 2. The van der Waals surface area contributed by atoms with Crippen molar-refractivity contribution in [3.05, 3.63) is 0 Å². The zero-order valence-corrected chi connectivity index (χ0v) is 10.9. The lowest BCUT2D eigenvalue weighted by atomic mass is 10.2. The van der Waals surface area contributed by atoms with Crippen molar-refractivity contribution in [2.75, 3.05) is 32.6 Å². The fourth-order valence-electron chi connectivity index (χ4n) is 1.28. The lowest BCUT2D eigenvalue weighted by Gasteiger charge is -2.25. The Kier molecular flexibility index (Phi) is 8.01. The third-order valence-corrected chi connectivity index (χ3v) is 2.48. The second-order valence-corrected chi connectivity index (χ2v) is 3.71. The summed E-state index contributed by atoms with van der Waals surface area (Å²) in [5, 5.41) is 2.57. The van der Waals surface area contributed by atoms with Gasteiger partial charge in [0.15, 0.2) is 0 Å². The molecule has 0 saturated heterocycles. The van der Waals surface area contributed by atoms with E-state index in [1.165, 1.54) is 6.92 Å². The molecule has 1 unspecified atom stereocenters. The van der Waals surface area contributed by atoms with Gasteiger partial charge in [-0.15, -0.1) is 0 Å². The molecule has 0 bridgehead atoms. The monoisotopic (exact) mass is 248 g/mol. The molecule has 0 radical (unpaired) electrons. The fourth-order valence-corrected chi connectivity index (χ4v) is 1.52. The Balaban J connectivity index is 4.37. The van der Waals surface area contributed by atoms with Gasteiger partial charge in [-0.3, -0.25) is 9.59 Å². The van der Waals surface area contributed by atoms with Gasteiger partial charge in [-0.05, 0) is 6.92 Å². The largest absolute Gasteiger partial charge is 0.383 e. The number of hydrogen-bond donors (Lipinski definition) is 2. The van der Waals surface area contributed by atoms with Crippen LogP contribution in [-0.2, 0) is 14.3 Å². The Hall–Kier alpha value is -0.750. The highest BCUT2D eigenvalue weighted by Crippen LogP contribution is 1.98. The second-order valence-electron chi connectivity index (χ2n) is 3.35. The van der Waals surface area contributed by atoms with Gasteiger partial charge < -0.3 is 15.0 Å². The van der Waals surface area contributed by atoms with E-state index in [1.807, 2.05) is 6.92 Å². The van der Waals surface area contributed by atoms with Gasteiger partial charge in [0.2, 0.25) is 11.8 Å². The highest BCUT2D eigenvalue weighted by atomic mass is 32.1. The number of likely N-dealkylation sites (N-methyl/N-ethyl adjacent to an activating group) is 1. The van der Waals surface area contributed by atoms with Gasteiger partial charge in [-0.2, -0.15) is 12.6 Å². The van der Waals surface area contributed by atoms with Crippen LogP contribution in [0.5, 0.6) is 0 Å². The van der Waals surface area contributed by atoms with Crippen molar-refractivity contribution in [2.24, 2.45) is 0 Å². The molecule has 0 spiro atoms. The molecule has 0 heterocycles. The lowest BCUT2D eigenvalue weighted by Crippen LogP contribution is -2.49.